The predicted molar refractivity (Wildman–Crippen MR) is 103 cm³/mol. The first kappa shape index (κ1) is 17.9. The molecule has 5 nitrogen and oxygen atoms in total. The molecule has 0 saturated heterocycles. The molecule has 3 aromatic rings. The number of fused-ring (bicyclic) bond motifs is 1. The standard InChI is InChI=1S/C21H23N3O2/c1-15(2)21(16-8-4-3-5-9-16)23-20(26)12-13-24-18-11-7-6-10-17(18)19(25)14-22-24/h3-11,14-15,21H,12-13H2,1-2H3,(H,23,26)/t21-/m0/s1. The van der Waals surface area contributed by atoms with E-state index in [1.807, 2.05) is 48.5 Å². The summed E-state index contributed by atoms with van der Waals surface area (Å²) in [7, 11) is 0. The van der Waals surface area contributed by atoms with E-state index in [0.29, 0.717) is 18.4 Å². The normalized spacial score (nSPS) is 12.3. The van der Waals surface area contributed by atoms with Gasteiger partial charge in [0.05, 0.1) is 24.3 Å². The third-order valence-electron chi connectivity index (χ3n) is 4.45. The molecule has 134 valence electrons. The van der Waals surface area contributed by atoms with Crippen LogP contribution < -0.4 is 10.7 Å². The molecule has 26 heavy (non-hydrogen) atoms. The molecule has 1 atom stereocenters. The molecule has 0 saturated carbocycles. The number of nitrogens with zero attached hydrogens (tertiary/aromatic N) is 2. The second kappa shape index (κ2) is 7.95. The van der Waals surface area contributed by atoms with E-state index in [9.17, 15) is 9.59 Å². The number of aryl methyl sites for hydroxylation is 1. The zero-order valence-electron chi connectivity index (χ0n) is 15.1. The summed E-state index contributed by atoms with van der Waals surface area (Å²) in [5.41, 5.74) is 1.74. The molecule has 1 N–H and O–H groups in total. The van der Waals surface area contributed by atoms with Crippen molar-refractivity contribution in [1.29, 1.82) is 0 Å². The van der Waals surface area contributed by atoms with Crippen LogP contribution in [0.25, 0.3) is 10.9 Å². The first-order valence-electron chi connectivity index (χ1n) is 8.85. The Morgan fingerprint density at radius 3 is 2.50 bits per heavy atom. The Labute approximate surface area is 152 Å². The summed E-state index contributed by atoms with van der Waals surface area (Å²) in [6, 6.07) is 17.3. The average Bonchev–Trinajstić information content (AvgIpc) is 2.66. The minimum atomic E-state index is -0.106. The molecule has 0 bridgehead atoms. The highest BCUT2D eigenvalue weighted by molar-refractivity contribution is 5.79. The van der Waals surface area contributed by atoms with Crippen LogP contribution in [0.1, 0.15) is 31.9 Å². The van der Waals surface area contributed by atoms with Crippen molar-refractivity contribution in [2.75, 3.05) is 0 Å². The molecule has 5 heteroatoms. The average molecular weight is 349 g/mol. The van der Waals surface area contributed by atoms with Crippen molar-refractivity contribution in [3.8, 4) is 0 Å². The van der Waals surface area contributed by atoms with Crippen molar-refractivity contribution in [2.24, 2.45) is 5.92 Å². The van der Waals surface area contributed by atoms with E-state index in [1.165, 1.54) is 6.20 Å². The van der Waals surface area contributed by atoms with E-state index in [2.05, 4.69) is 24.3 Å². The molecular weight excluding hydrogens is 326 g/mol. The van der Waals surface area contributed by atoms with Crippen LogP contribution in [0, 0.1) is 5.92 Å². The van der Waals surface area contributed by atoms with Crippen LogP contribution in [0.5, 0.6) is 0 Å². The summed E-state index contributed by atoms with van der Waals surface area (Å²) >= 11 is 0. The zero-order valence-corrected chi connectivity index (χ0v) is 15.1. The van der Waals surface area contributed by atoms with Gasteiger partial charge >= 0.3 is 0 Å². The molecule has 1 heterocycles. The molecule has 0 aliphatic heterocycles. The summed E-state index contributed by atoms with van der Waals surface area (Å²) in [6.07, 6.45) is 1.61. The van der Waals surface area contributed by atoms with Crippen molar-refractivity contribution < 1.29 is 4.79 Å². The number of para-hydroxylation sites is 1. The smallest absolute Gasteiger partial charge is 0.222 e. The molecular formula is C21H23N3O2. The maximum atomic E-state index is 12.5. The largest absolute Gasteiger partial charge is 0.349 e. The minimum absolute atomic E-state index is 0.0255. The second-order valence-electron chi connectivity index (χ2n) is 6.70. The lowest BCUT2D eigenvalue weighted by molar-refractivity contribution is -0.122. The van der Waals surface area contributed by atoms with Crippen molar-refractivity contribution >= 4 is 16.8 Å². The van der Waals surface area contributed by atoms with Gasteiger partial charge in [-0.1, -0.05) is 56.3 Å². The Balaban J connectivity index is 1.71. The van der Waals surface area contributed by atoms with Gasteiger partial charge in [-0.2, -0.15) is 5.10 Å². The van der Waals surface area contributed by atoms with E-state index in [-0.39, 0.29) is 23.3 Å². The molecule has 0 unspecified atom stereocenters. The lowest BCUT2D eigenvalue weighted by atomic mass is 9.96. The molecule has 1 aromatic heterocycles. The number of benzene rings is 2. The topological polar surface area (TPSA) is 64.0 Å². The predicted octanol–water partition coefficient (Wildman–Crippen LogP) is 3.30. The Morgan fingerprint density at radius 1 is 1.08 bits per heavy atom. The monoisotopic (exact) mass is 349 g/mol. The molecule has 0 fully saturated rings. The van der Waals surface area contributed by atoms with Crippen molar-refractivity contribution in [3.63, 3.8) is 0 Å². The van der Waals surface area contributed by atoms with Crippen LogP contribution in [0.3, 0.4) is 0 Å². The van der Waals surface area contributed by atoms with Gasteiger partial charge in [0.15, 0.2) is 0 Å². The van der Waals surface area contributed by atoms with Gasteiger partial charge in [0.25, 0.3) is 0 Å². The number of nitrogens with one attached hydrogen (secondary N) is 1. The van der Waals surface area contributed by atoms with Gasteiger partial charge < -0.3 is 5.32 Å². The highest BCUT2D eigenvalue weighted by Gasteiger charge is 2.18. The number of amides is 1. The van der Waals surface area contributed by atoms with Crippen LogP contribution in [-0.2, 0) is 11.3 Å². The van der Waals surface area contributed by atoms with Crippen molar-refractivity contribution in [2.45, 2.75) is 32.9 Å². The Kier molecular flexibility index (Phi) is 5.46. The first-order chi connectivity index (χ1) is 12.6. The fraction of sp³-hybridized carbons (Fsp3) is 0.286. The van der Waals surface area contributed by atoms with Gasteiger partial charge in [-0.25, -0.2) is 0 Å². The minimum Gasteiger partial charge on any atom is -0.349 e. The van der Waals surface area contributed by atoms with Gasteiger partial charge in [0, 0.05) is 11.8 Å². The second-order valence-corrected chi connectivity index (χ2v) is 6.70. The fourth-order valence-corrected chi connectivity index (χ4v) is 3.09. The number of rotatable bonds is 6. The van der Waals surface area contributed by atoms with Crippen LogP contribution in [0.15, 0.2) is 65.6 Å². The highest BCUT2D eigenvalue weighted by Crippen LogP contribution is 2.21. The van der Waals surface area contributed by atoms with Gasteiger partial charge in [0.2, 0.25) is 11.3 Å². The molecule has 2 aromatic carbocycles. The lowest BCUT2D eigenvalue weighted by Crippen LogP contribution is -2.32. The summed E-state index contributed by atoms with van der Waals surface area (Å²) in [6.45, 7) is 4.61. The molecule has 0 aliphatic rings. The number of carbonyl (C=O) groups excluding carboxylic acids is 1. The molecule has 1 amide bonds. The van der Waals surface area contributed by atoms with Gasteiger partial charge in [0.1, 0.15) is 0 Å². The van der Waals surface area contributed by atoms with E-state index in [1.54, 1.807) is 10.7 Å². The summed E-state index contributed by atoms with van der Waals surface area (Å²) in [5.74, 6) is 0.254. The van der Waals surface area contributed by atoms with Crippen LogP contribution >= 0.6 is 0 Å². The van der Waals surface area contributed by atoms with Crippen LogP contribution in [0.4, 0.5) is 0 Å². The van der Waals surface area contributed by atoms with Gasteiger partial charge in [-0.15, -0.1) is 0 Å². The molecule has 0 aliphatic carbocycles. The zero-order chi connectivity index (χ0) is 18.5. The number of aromatic nitrogens is 2. The molecule has 3 rings (SSSR count). The quantitative estimate of drug-likeness (QED) is 0.743. The molecule has 0 spiro atoms. The van der Waals surface area contributed by atoms with Crippen molar-refractivity contribution in [3.05, 3.63) is 76.6 Å². The maximum Gasteiger partial charge on any atom is 0.222 e. The Bertz CT molecular complexity index is 948. The SMILES string of the molecule is CC(C)[C@H](NC(=O)CCn1ncc(=O)c2ccccc21)c1ccccc1. The van der Waals surface area contributed by atoms with E-state index < -0.39 is 0 Å². The fourth-order valence-electron chi connectivity index (χ4n) is 3.09. The molecule has 0 radical (unpaired) electrons. The maximum absolute atomic E-state index is 12.5. The van der Waals surface area contributed by atoms with Gasteiger partial charge in [-0.3, -0.25) is 14.3 Å². The van der Waals surface area contributed by atoms with Crippen molar-refractivity contribution in [1.82, 2.24) is 15.1 Å². The number of hydrogen-bond donors (Lipinski definition) is 1. The summed E-state index contributed by atoms with van der Waals surface area (Å²) in [4.78, 5) is 24.4. The third kappa shape index (κ3) is 3.99. The van der Waals surface area contributed by atoms with Crippen LogP contribution in [0.2, 0.25) is 0 Å². The first-order valence-corrected chi connectivity index (χ1v) is 8.85. The van der Waals surface area contributed by atoms with Crippen LogP contribution in [-0.4, -0.2) is 15.7 Å². The summed E-state index contributed by atoms with van der Waals surface area (Å²) in [5, 5.41) is 7.91. The van der Waals surface area contributed by atoms with E-state index in [0.717, 1.165) is 11.1 Å². The van der Waals surface area contributed by atoms with Gasteiger partial charge in [-0.05, 0) is 23.6 Å². The third-order valence-corrected chi connectivity index (χ3v) is 4.45. The Morgan fingerprint density at radius 2 is 1.77 bits per heavy atom. The lowest BCUT2D eigenvalue weighted by Gasteiger charge is -2.23. The number of hydrogen-bond acceptors (Lipinski definition) is 3. The highest BCUT2D eigenvalue weighted by atomic mass is 16.1. The Hall–Kier alpha value is -2.95. The van der Waals surface area contributed by atoms with E-state index in [4.69, 9.17) is 0 Å². The van der Waals surface area contributed by atoms with E-state index >= 15 is 0 Å². The number of carbonyl (C=O) groups is 1. The summed E-state index contributed by atoms with van der Waals surface area (Å²) < 4.78 is 1.71.